The average Bonchev–Trinajstić information content (AvgIpc) is 2.46. The number of carbonyl (C=O) groups is 2. The van der Waals surface area contributed by atoms with Gasteiger partial charge in [0.15, 0.2) is 0 Å². The van der Waals surface area contributed by atoms with E-state index in [2.05, 4.69) is 10.6 Å². The molecule has 5 nitrogen and oxygen atoms in total. The molecule has 0 aromatic carbocycles. The lowest BCUT2D eigenvalue weighted by Gasteiger charge is -2.20. The largest absolute Gasteiger partial charge is 0.352 e. The van der Waals surface area contributed by atoms with E-state index in [4.69, 9.17) is 5.73 Å². The fraction of sp³-hybridized carbons (Fsp3) is 0.778. The van der Waals surface area contributed by atoms with Gasteiger partial charge in [0.2, 0.25) is 11.8 Å². The SMILES string of the molecule is CC(C)(N)CNC(=O)[C@H]1CCC(=O)N1. The molecular formula is C9H17N3O2. The second-order valence-electron chi connectivity index (χ2n) is 4.37. The highest BCUT2D eigenvalue weighted by molar-refractivity contribution is 5.90. The molecule has 1 aliphatic rings. The molecular weight excluding hydrogens is 182 g/mol. The van der Waals surface area contributed by atoms with Crippen LogP contribution in [0.1, 0.15) is 26.7 Å². The minimum atomic E-state index is -0.418. The summed E-state index contributed by atoms with van der Waals surface area (Å²) in [6, 6.07) is -0.371. The van der Waals surface area contributed by atoms with Gasteiger partial charge in [-0.15, -0.1) is 0 Å². The molecule has 1 atom stereocenters. The summed E-state index contributed by atoms with van der Waals surface area (Å²) in [5.74, 6) is -0.202. The number of nitrogens with two attached hydrogens (primary N) is 1. The van der Waals surface area contributed by atoms with Crippen LogP contribution in [-0.2, 0) is 9.59 Å². The van der Waals surface area contributed by atoms with Crippen molar-refractivity contribution in [2.45, 2.75) is 38.3 Å². The van der Waals surface area contributed by atoms with E-state index in [1.165, 1.54) is 0 Å². The third kappa shape index (κ3) is 3.33. The summed E-state index contributed by atoms with van der Waals surface area (Å²) in [5.41, 5.74) is 5.29. The topological polar surface area (TPSA) is 84.2 Å². The Hall–Kier alpha value is -1.10. The average molecular weight is 199 g/mol. The highest BCUT2D eigenvalue weighted by Crippen LogP contribution is 2.06. The van der Waals surface area contributed by atoms with Gasteiger partial charge >= 0.3 is 0 Å². The summed E-state index contributed by atoms with van der Waals surface area (Å²) in [6.45, 7) is 4.08. The maximum absolute atomic E-state index is 11.5. The van der Waals surface area contributed by atoms with Crippen LogP contribution in [0.15, 0.2) is 0 Å². The van der Waals surface area contributed by atoms with E-state index in [1.807, 2.05) is 13.8 Å². The van der Waals surface area contributed by atoms with Crippen LogP contribution >= 0.6 is 0 Å². The Morgan fingerprint density at radius 2 is 2.36 bits per heavy atom. The van der Waals surface area contributed by atoms with Crippen molar-refractivity contribution < 1.29 is 9.59 Å². The van der Waals surface area contributed by atoms with Crippen molar-refractivity contribution in [3.8, 4) is 0 Å². The molecule has 1 heterocycles. The minimum Gasteiger partial charge on any atom is -0.352 e. The van der Waals surface area contributed by atoms with Crippen molar-refractivity contribution >= 4 is 11.8 Å². The van der Waals surface area contributed by atoms with Crippen molar-refractivity contribution in [3.05, 3.63) is 0 Å². The normalized spacial score (nSPS) is 21.9. The Kier molecular flexibility index (Phi) is 3.10. The first-order valence-corrected chi connectivity index (χ1v) is 4.74. The number of carbonyl (C=O) groups excluding carboxylic acids is 2. The van der Waals surface area contributed by atoms with Gasteiger partial charge in [0.05, 0.1) is 0 Å². The van der Waals surface area contributed by atoms with Gasteiger partial charge in [-0.2, -0.15) is 0 Å². The predicted molar refractivity (Wildman–Crippen MR) is 52.4 cm³/mol. The van der Waals surface area contributed by atoms with E-state index in [1.54, 1.807) is 0 Å². The fourth-order valence-electron chi connectivity index (χ4n) is 1.25. The number of hydrogen-bond donors (Lipinski definition) is 3. The second kappa shape index (κ2) is 3.96. The molecule has 0 saturated carbocycles. The zero-order valence-electron chi connectivity index (χ0n) is 8.59. The van der Waals surface area contributed by atoms with Crippen molar-refractivity contribution in [2.75, 3.05) is 6.54 Å². The molecule has 1 aliphatic heterocycles. The molecule has 80 valence electrons. The molecule has 0 aromatic heterocycles. The standard InChI is InChI=1S/C9H17N3O2/c1-9(2,10)5-11-8(14)6-3-4-7(13)12-6/h6H,3-5,10H2,1-2H3,(H,11,14)(H,12,13)/t6-/m1/s1. The van der Waals surface area contributed by atoms with Gasteiger partial charge in [0.1, 0.15) is 6.04 Å². The number of nitrogens with one attached hydrogen (secondary N) is 2. The maximum atomic E-state index is 11.5. The summed E-state index contributed by atoms with van der Waals surface area (Å²) in [4.78, 5) is 22.3. The van der Waals surface area contributed by atoms with E-state index in [0.717, 1.165) is 0 Å². The zero-order valence-corrected chi connectivity index (χ0v) is 8.59. The minimum absolute atomic E-state index is 0.0582. The first-order chi connectivity index (χ1) is 6.38. The Bertz CT molecular complexity index is 245. The van der Waals surface area contributed by atoms with Crippen molar-refractivity contribution in [1.82, 2.24) is 10.6 Å². The summed E-state index contributed by atoms with van der Waals surface area (Å²) in [5, 5.41) is 5.30. The van der Waals surface area contributed by atoms with E-state index < -0.39 is 5.54 Å². The zero-order chi connectivity index (χ0) is 10.8. The molecule has 1 fully saturated rings. The summed E-state index contributed by atoms with van der Waals surface area (Å²) in [7, 11) is 0. The van der Waals surface area contributed by atoms with Gasteiger partial charge in [0, 0.05) is 18.5 Å². The Morgan fingerprint density at radius 3 is 2.79 bits per heavy atom. The second-order valence-corrected chi connectivity index (χ2v) is 4.37. The number of rotatable bonds is 3. The van der Waals surface area contributed by atoms with Crippen molar-refractivity contribution in [1.29, 1.82) is 0 Å². The highest BCUT2D eigenvalue weighted by Gasteiger charge is 2.27. The molecule has 4 N–H and O–H groups in total. The van der Waals surface area contributed by atoms with E-state index in [9.17, 15) is 9.59 Å². The molecule has 5 heteroatoms. The molecule has 1 saturated heterocycles. The first-order valence-electron chi connectivity index (χ1n) is 4.74. The van der Waals surface area contributed by atoms with Crippen LogP contribution in [0, 0.1) is 0 Å². The molecule has 0 unspecified atom stereocenters. The van der Waals surface area contributed by atoms with Crippen molar-refractivity contribution in [3.63, 3.8) is 0 Å². The van der Waals surface area contributed by atoms with Gasteiger partial charge in [-0.05, 0) is 20.3 Å². The smallest absolute Gasteiger partial charge is 0.242 e. The Morgan fingerprint density at radius 1 is 1.71 bits per heavy atom. The quantitative estimate of drug-likeness (QED) is 0.552. The molecule has 1 rings (SSSR count). The van der Waals surface area contributed by atoms with E-state index in [-0.39, 0.29) is 17.9 Å². The van der Waals surface area contributed by atoms with Gasteiger partial charge in [-0.1, -0.05) is 0 Å². The molecule has 0 bridgehead atoms. The third-order valence-electron chi connectivity index (χ3n) is 2.03. The van der Waals surface area contributed by atoms with Gasteiger partial charge in [-0.3, -0.25) is 9.59 Å². The Labute approximate surface area is 83.4 Å². The monoisotopic (exact) mass is 199 g/mol. The molecule has 2 amide bonds. The van der Waals surface area contributed by atoms with Crippen LogP contribution in [0.2, 0.25) is 0 Å². The van der Waals surface area contributed by atoms with E-state index in [0.29, 0.717) is 19.4 Å². The Balaban J connectivity index is 2.32. The molecule has 0 aliphatic carbocycles. The fourth-order valence-corrected chi connectivity index (χ4v) is 1.25. The van der Waals surface area contributed by atoms with Crippen LogP contribution in [0.3, 0.4) is 0 Å². The highest BCUT2D eigenvalue weighted by atomic mass is 16.2. The molecule has 0 aromatic rings. The van der Waals surface area contributed by atoms with Gasteiger partial charge in [-0.25, -0.2) is 0 Å². The van der Waals surface area contributed by atoms with Gasteiger partial charge < -0.3 is 16.4 Å². The van der Waals surface area contributed by atoms with Crippen LogP contribution in [0.5, 0.6) is 0 Å². The maximum Gasteiger partial charge on any atom is 0.242 e. The third-order valence-corrected chi connectivity index (χ3v) is 2.03. The molecule has 0 spiro atoms. The van der Waals surface area contributed by atoms with E-state index >= 15 is 0 Å². The van der Waals surface area contributed by atoms with Crippen molar-refractivity contribution in [2.24, 2.45) is 5.73 Å². The number of hydrogen-bond acceptors (Lipinski definition) is 3. The first kappa shape index (κ1) is 11.0. The molecule has 0 radical (unpaired) electrons. The number of amides is 2. The summed E-state index contributed by atoms with van der Waals surface area (Å²) in [6.07, 6.45) is 1.01. The lowest BCUT2D eigenvalue weighted by atomic mass is 10.1. The predicted octanol–water partition coefficient (Wildman–Crippen LogP) is -0.881. The summed E-state index contributed by atoms with van der Waals surface area (Å²) < 4.78 is 0. The lowest BCUT2D eigenvalue weighted by Crippen LogP contribution is -2.49. The van der Waals surface area contributed by atoms with Crippen LogP contribution in [0.4, 0.5) is 0 Å². The van der Waals surface area contributed by atoms with Crippen LogP contribution < -0.4 is 16.4 Å². The van der Waals surface area contributed by atoms with Crippen LogP contribution in [-0.4, -0.2) is 29.9 Å². The van der Waals surface area contributed by atoms with Crippen LogP contribution in [0.25, 0.3) is 0 Å². The summed E-state index contributed by atoms with van der Waals surface area (Å²) >= 11 is 0. The molecule has 14 heavy (non-hydrogen) atoms. The lowest BCUT2D eigenvalue weighted by molar-refractivity contribution is -0.125. The van der Waals surface area contributed by atoms with Gasteiger partial charge in [0.25, 0.3) is 0 Å².